The summed E-state index contributed by atoms with van der Waals surface area (Å²) >= 11 is 0. The molecule has 0 bridgehead atoms. The largest absolute Gasteiger partial charge is 0.354 e. The molecule has 2 aliphatic heterocycles. The van der Waals surface area contributed by atoms with Gasteiger partial charge in [-0.25, -0.2) is 4.79 Å². The topological polar surface area (TPSA) is 104 Å². The van der Waals surface area contributed by atoms with E-state index in [-0.39, 0.29) is 11.8 Å². The third-order valence-corrected chi connectivity index (χ3v) is 5.28. The lowest BCUT2D eigenvalue weighted by molar-refractivity contribution is -0.125. The van der Waals surface area contributed by atoms with Crippen molar-refractivity contribution in [3.63, 3.8) is 0 Å². The van der Waals surface area contributed by atoms with Crippen LogP contribution in [0.3, 0.4) is 0 Å². The second-order valence-electron chi connectivity index (χ2n) is 7.13. The molecule has 9 nitrogen and oxygen atoms in total. The third-order valence-electron chi connectivity index (χ3n) is 5.28. The van der Waals surface area contributed by atoms with E-state index in [9.17, 15) is 9.59 Å². The fourth-order valence-electron chi connectivity index (χ4n) is 3.72. The number of aryl methyl sites for hydroxylation is 1. The molecule has 3 rings (SSSR count). The van der Waals surface area contributed by atoms with Gasteiger partial charge in [-0.05, 0) is 38.2 Å². The van der Waals surface area contributed by atoms with Crippen LogP contribution in [-0.2, 0) is 11.3 Å². The molecule has 2 aliphatic rings. The summed E-state index contributed by atoms with van der Waals surface area (Å²) in [4.78, 5) is 30.1. The highest BCUT2D eigenvalue weighted by Crippen LogP contribution is 2.30. The number of amides is 3. The molecule has 3 heterocycles. The number of likely N-dealkylation sites (tertiary alicyclic amines) is 1. The molecule has 26 heavy (non-hydrogen) atoms. The number of aliphatic imine (C=N–C) groups is 1. The predicted octanol–water partition coefficient (Wildman–Crippen LogP) is 0.0770. The van der Waals surface area contributed by atoms with Gasteiger partial charge in [-0.1, -0.05) is 0 Å². The first-order chi connectivity index (χ1) is 12.4. The summed E-state index contributed by atoms with van der Waals surface area (Å²) in [5.41, 5.74) is 0.339. The SMILES string of the molecule is CN=C(NCCn1cc(C)cn1)N1CCC(C2(C)NC(=O)NC2=O)CC1. The van der Waals surface area contributed by atoms with Gasteiger partial charge in [0.05, 0.1) is 12.7 Å². The van der Waals surface area contributed by atoms with Crippen molar-refractivity contribution in [3.05, 3.63) is 18.0 Å². The number of guanidine groups is 1. The number of rotatable bonds is 4. The average molecular weight is 361 g/mol. The average Bonchev–Trinajstić information content (AvgIpc) is 3.15. The second-order valence-corrected chi connectivity index (χ2v) is 7.13. The molecule has 0 aromatic carbocycles. The molecule has 142 valence electrons. The van der Waals surface area contributed by atoms with E-state index in [0.29, 0.717) is 0 Å². The van der Waals surface area contributed by atoms with Gasteiger partial charge in [0.1, 0.15) is 5.54 Å². The van der Waals surface area contributed by atoms with E-state index in [0.717, 1.165) is 50.5 Å². The number of carbonyl (C=O) groups is 2. The molecule has 1 atom stereocenters. The number of hydrogen-bond donors (Lipinski definition) is 3. The van der Waals surface area contributed by atoms with Crippen LogP contribution in [0.4, 0.5) is 4.79 Å². The predicted molar refractivity (Wildman–Crippen MR) is 97.7 cm³/mol. The van der Waals surface area contributed by atoms with Crippen LogP contribution in [0.15, 0.2) is 17.4 Å². The van der Waals surface area contributed by atoms with Crippen molar-refractivity contribution in [2.24, 2.45) is 10.9 Å². The molecule has 0 saturated carbocycles. The zero-order valence-corrected chi connectivity index (χ0v) is 15.6. The van der Waals surface area contributed by atoms with E-state index in [1.807, 2.05) is 30.9 Å². The summed E-state index contributed by atoms with van der Waals surface area (Å²) in [5, 5.41) is 12.8. The van der Waals surface area contributed by atoms with E-state index >= 15 is 0 Å². The Morgan fingerprint density at radius 2 is 2.15 bits per heavy atom. The first-order valence-corrected chi connectivity index (χ1v) is 9.00. The first kappa shape index (κ1) is 18.2. The van der Waals surface area contributed by atoms with Gasteiger partial charge in [0, 0.05) is 32.9 Å². The number of aromatic nitrogens is 2. The molecular formula is C17H27N7O2. The summed E-state index contributed by atoms with van der Waals surface area (Å²) in [6.45, 7) is 6.94. The van der Waals surface area contributed by atoms with Crippen LogP contribution in [0.2, 0.25) is 0 Å². The summed E-state index contributed by atoms with van der Waals surface area (Å²) in [5.74, 6) is 0.755. The van der Waals surface area contributed by atoms with Gasteiger partial charge in [-0.2, -0.15) is 5.10 Å². The van der Waals surface area contributed by atoms with Crippen molar-refractivity contribution >= 4 is 17.9 Å². The monoisotopic (exact) mass is 361 g/mol. The Kier molecular flexibility index (Phi) is 5.15. The summed E-state index contributed by atoms with van der Waals surface area (Å²) < 4.78 is 1.91. The van der Waals surface area contributed by atoms with Crippen molar-refractivity contribution in [2.45, 2.75) is 38.8 Å². The number of hydrogen-bond acceptors (Lipinski definition) is 4. The molecule has 1 unspecified atom stereocenters. The minimum atomic E-state index is -0.807. The number of piperidine rings is 1. The van der Waals surface area contributed by atoms with E-state index in [1.165, 1.54) is 0 Å². The van der Waals surface area contributed by atoms with Gasteiger partial charge in [0.2, 0.25) is 0 Å². The van der Waals surface area contributed by atoms with Crippen molar-refractivity contribution in [3.8, 4) is 0 Å². The maximum absolute atomic E-state index is 12.1. The Labute approximate surface area is 153 Å². The third kappa shape index (κ3) is 3.66. The molecule has 0 radical (unpaired) electrons. The highest BCUT2D eigenvalue weighted by Gasteiger charge is 2.48. The zero-order valence-electron chi connectivity index (χ0n) is 15.6. The number of urea groups is 1. The Morgan fingerprint density at radius 3 is 2.69 bits per heavy atom. The lowest BCUT2D eigenvalue weighted by Gasteiger charge is -2.39. The minimum absolute atomic E-state index is 0.121. The first-order valence-electron chi connectivity index (χ1n) is 9.00. The fraction of sp³-hybridized carbons (Fsp3) is 0.647. The van der Waals surface area contributed by atoms with Crippen LogP contribution >= 0.6 is 0 Å². The summed E-state index contributed by atoms with van der Waals surface area (Å²) in [7, 11) is 1.78. The summed E-state index contributed by atoms with van der Waals surface area (Å²) in [6, 6.07) is -0.397. The van der Waals surface area contributed by atoms with E-state index in [4.69, 9.17) is 0 Å². The van der Waals surface area contributed by atoms with Gasteiger partial charge in [-0.3, -0.25) is 19.8 Å². The lowest BCUT2D eigenvalue weighted by Crippen LogP contribution is -2.55. The van der Waals surface area contributed by atoms with E-state index in [1.54, 1.807) is 7.05 Å². The molecule has 0 spiro atoms. The molecule has 3 amide bonds. The maximum Gasteiger partial charge on any atom is 0.322 e. The smallest absolute Gasteiger partial charge is 0.322 e. The Balaban J connectivity index is 1.50. The van der Waals surface area contributed by atoms with E-state index < -0.39 is 11.6 Å². The quantitative estimate of drug-likeness (QED) is 0.400. The van der Waals surface area contributed by atoms with Gasteiger partial charge in [0.15, 0.2) is 5.96 Å². The zero-order chi connectivity index (χ0) is 18.7. The number of carbonyl (C=O) groups excluding carboxylic acids is 2. The molecule has 0 aliphatic carbocycles. The van der Waals surface area contributed by atoms with Gasteiger partial charge in [-0.15, -0.1) is 0 Å². The maximum atomic E-state index is 12.1. The number of nitrogens with zero attached hydrogens (tertiary/aromatic N) is 4. The highest BCUT2D eigenvalue weighted by atomic mass is 16.2. The van der Waals surface area contributed by atoms with Gasteiger partial charge < -0.3 is 15.5 Å². The van der Waals surface area contributed by atoms with Crippen molar-refractivity contribution < 1.29 is 9.59 Å². The highest BCUT2D eigenvalue weighted by molar-refractivity contribution is 6.07. The van der Waals surface area contributed by atoms with Crippen molar-refractivity contribution in [1.82, 2.24) is 30.6 Å². The molecule has 2 saturated heterocycles. The fourth-order valence-corrected chi connectivity index (χ4v) is 3.72. The van der Waals surface area contributed by atoms with Crippen LogP contribution in [-0.4, -0.2) is 64.8 Å². The van der Waals surface area contributed by atoms with Crippen LogP contribution in [0.5, 0.6) is 0 Å². The normalized spacial score (nSPS) is 24.6. The standard InChI is InChI=1S/C17H27N7O2/c1-12-10-20-24(11-12)9-6-19-15(18-3)23-7-4-13(5-8-23)17(2)14(25)21-16(26)22-17/h10-11,13H,4-9H2,1-3H3,(H,18,19)(H2,21,22,25,26). The molecule has 3 N–H and O–H groups in total. The Bertz CT molecular complexity index is 706. The summed E-state index contributed by atoms with van der Waals surface area (Å²) in [6.07, 6.45) is 5.50. The van der Waals surface area contributed by atoms with Crippen LogP contribution in [0, 0.1) is 12.8 Å². The molecule has 2 fully saturated rings. The van der Waals surface area contributed by atoms with Crippen molar-refractivity contribution in [1.29, 1.82) is 0 Å². The van der Waals surface area contributed by atoms with Gasteiger partial charge >= 0.3 is 6.03 Å². The lowest BCUT2D eigenvalue weighted by atomic mass is 9.79. The van der Waals surface area contributed by atoms with Crippen LogP contribution in [0.25, 0.3) is 0 Å². The van der Waals surface area contributed by atoms with Crippen molar-refractivity contribution in [2.75, 3.05) is 26.7 Å². The van der Waals surface area contributed by atoms with Gasteiger partial charge in [0.25, 0.3) is 5.91 Å². The van der Waals surface area contributed by atoms with Crippen LogP contribution < -0.4 is 16.0 Å². The van der Waals surface area contributed by atoms with E-state index in [2.05, 4.69) is 30.9 Å². The molecular weight excluding hydrogens is 334 g/mol. The second kappa shape index (κ2) is 7.35. The molecule has 1 aromatic heterocycles. The Hall–Kier alpha value is -2.58. The number of imide groups is 1. The Morgan fingerprint density at radius 1 is 1.42 bits per heavy atom. The van der Waals surface area contributed by atoms with Crippen LogP contribution in [0.1, 0.15) is 25.3 Å². The molecule has 9 heteroatoms. The minimum Gasteiger partial charge on any atom is -0.354 e. The number of nitrogens with one attached hydrogen (secondary N) is 3. The molecule has 1 aromatic rings.